The van der Waals surface area contributed by atoms with Crippen LogP contribution in [0.4, 0.5) is 4.39 Å². The molecule has 3 rings (SSSR count). The van der Waals surface area contributed by atoms with Crippen molar-refractivity contribution in [2.24, 2.45) is 0 Å². The minimum Gasteiger partial charge on any atom is -0.339 e. The average Bonchev–Trinajstić information content (AvgIpc) is 2.97. The summed E-state index contributed by atoms with van der Waals surface area (Å²) in [4.78, 5) is 4.46. The quantitative estimate of drug-likeness (QED) is 0.938. The van der Waals surface area contributed by atoms with Gasteiger partial charge in [-0.2, -0.15) is 4.98 Å². The van der Waals surface area contributed by atoms with Gasteiger partial charge in [-0.1, -0.05) is 24.4 Å². The molecular formula is C16H20FN3O. The summed E-state index contributed by atoms with van der Waals surface area (Å²) in [7, 11) is 2.00. The molecule has 1 fully saturated rings. The summed E-state index contributed by atoms with van der Waals surface area (Å²) in [6.45, 7) is 0. The Morgan fingerprint density at radius 2 is 1.90 bits per heavy atom. The number of halogens is 1. The van der Waals surface area contributed by atoms with Gasteiger partial charge in [0.25, 0.3) is 0 Å². The number of nitrogens with zero attached hydrogens (tertiary/aromatic N) is 2. The van der Waals surface area contributed by atoms with Gasteiger partial charge in [-0.25, -0.2) is 4.39 Å². The van der Waals surface area contributed by atoms with Gasteiger partial charge in [0.1, 0.15) is 5.82 Å². The van der Waals surface area contributed by atoms with E-state index in [0.717, 1.165) is 24.8 Å². The van der Waals surface area contributed by atoms with Gasteiger partial charge >= 0.3 is 0 Å². The highest BCUT2D eigenvalue weighted by molar-refractivity contribution is 5.53. The van der Waals surface area contributed by atoms with Gasteiger partial charge in [0, 0.05) is 17.5 Å². The van der Waals surface area contributed by atoms with Crippen molar-refractivity contribution in [1.29, 1.82) is 0 Å². The number of benzene rings is 1. The second-order valence-electron chi connectivity index (χ2n) is 5.79. The van der Waals surface area contributed by atoms with Crippen LogP contribution < -0.4 is 5.32 Å². The third-order valence-electron chi connectivity index (χ3n) is 4.40. The van der Waals surface area contributed by atoms with Crippen molar-refractivity contribution in [3.63, 3.8) is 0 Å². The Hall–Kier alpha value is -1.75. The predicted octanol–water partition coefficient (Wildman–Crippen LogP) is 3.34. The summed E-state index contributed by atoms with van der Waals surface area (Å²) in [6, 6.07) is 6.14. The molecule has 0 radical (unpaired) electrons. The molecule has 0 aliphatic heterocycles. The van der Waals surface area contributed by atoms with Crippen molar-refractivity contribution in [2.45, 2.75) is 44.1 Å². The minimum atomic E-state index is -0.265. The minimum absolute atomic E-state index is 0.0743. The van der Waals surface area contributed by atoms with E-state index in [1.54, 1.807) is 12.1 Å². The van der Waals surface area contributed by atoms with Crippen LogP contribution in [0.5, 0.6) is 0 Å². The summed E-state index contributed by atoms with van der Waals surface area (Å²) >= 11 is 0. The van der Waals surface area contributed by atoms with Crippen LogP contribution in [-0.2, 0) is 6.42 Å². The van der Waals surface area contributed by atoms with E-state index >= 15 is 0 Å². The Bertz CT molecular complexity index is 588. The fraction of sp³-hybridized carbons (Fsp3) is 0.500. The average molecular weight is 289 g/mol. The molecule has 1 aliphatic carbocycles. The molecule has 0 bridgehead atoms. The van der Waals surface area contributed by atoms with Crippen LogP contribution in [0.2, 0.25) is 0 Å². The standard InChI is InChI=1S/C16H20FN3O/c1-18-16(9-3-2-4-10-16)11-14-19-15(20-21-14)12-5-7-13(17)8-6-12/h5-8,18H,2-4,9-11H2,1H3. The monoisotopic (exact) mass is 289 g/mol. The van der Waals surface area contributed by atoms with Crippen LogP contribution in [0, 0.1) is 5.82 Å². The van der Waals surface area contributed by atoms with Gasteiger partial charge in [0.05, 0.1) is 0 Å². The van der Waals surface area contributed by atoms with Crippen molar-refractivity contribution < 1.29 is 8.91 Å². The maximum atomic E-state index is 12.9. The molecule has 21 heavy (non-hydrogen) atoms. The van der Waals surface area contributed by atoms with Crippen molar-refractivity contribution in [3.05, 3.63) is 36.0 Å². The van der Waals surface area contributed by atoms with E-state index in [-0.39, 0.29) is 11.4 Å². The van der Waals surface area contributed by atoms with E-state index < -0.39 is 0 Å². The summed E-state index contributed by atoms with van der Waals surface area (Å²) in [5.41, 5.74) is 0.846. The first-order valence-corrected chi connectivity index (χ1v) is 7.48. The second kappa shape index (κ2) is 5.93. The highest BCUT2D eigenvalue weighted by Crippen LogP contribution is 2.31. The Morgan fingerprint density at radius 3 is 2.57 bits per heavy atom. The van der Waals surface area contributed by atoms with Crippen LogP contribution in [0.25, 0.3) is 11.4 Å². The van der Waals surface area contributed by atoms with Crippen LogP contribution in [-0.4, -0.2) is 22.7 Å². The van der Waals surface area contributed by atoms with Crippen molar-refractivity contribution >= 4 is 0 Å². The van der Waals surface area contributed by atoms with E-state index in [4.69, 9.17) is 4.52 Å². The SMILES string of the molecule is CNC1(Cc2nc(-c3ccc(F)cc3)no2)CCCCC1. The third kappa shape index (κ3) is 3.13. The number of likely N-dealkylation sites (N-methyl/N-ethyl adjacent to an activating group) is 1. The predicted molar refractivity (Wildman–Crippen MR) is 78.3 cm³/mol. The molecule has 1 heterocycles. The van der Waals surface area contributed by atoms with Gasteiger partial charge in [-0.3, -0.25) is 0 Å². The molecule has 5 heteroatoms. The summed E-state index contributed by atoms with van der Waals surface area (Å²) in [5.74, 6) is 0.899. The van der Waals surface area contributed by atoms with Gasteiger partial charge in [-0.05, 0) is 44.2 Å². The number of aromatic nitrogens is 2. The van der Waals surface area contributed by atoms with E-state index in [2.05, 4.69) is 15.5 Å². The highest BCUT2D eigenvalue weighted by Gasteiger charge is 2.32. The fourth-order valence-corrected chi connectivity index (χ4v) is 3.08. The second-order valence-corrected chi connectivity index (χ2v) is 5.79. The van der Waals surface area contributed by atoms with Crippen LogP contribution in [0.1, 0.15) is 38.0 Å². The topological polar surface area (TPSA) is 51.0 Å². The van der Waals surface area contributed by atoms with E-state index in [1.807, 2.05) is 7.05 Å². The number of nitrogens with one attached hydrogen (secondary N) is 1. The number of hydrogen-bond donors (Lipinski definition) is 1. The van der Waals surface area contributed by atoms with Crippen LogP contribution in [0.3, 0.4) is 0 Å². The summed E-state index contributed by atoms with van der Waals surface area (Å²) in [5, 5.41) is 7.46. The molecule has 0 spiro atoms. The van der Waals surface area contributed by atoms with Crippen LogP contribution in [0.15, 0.2) is 28.8 Å². The first kappa shape index (κ1) is 14.2. The third-order valence-corrected chi connectivity index (χ3v) is 4.40. The zero-order valence-electron chi connectivity index (χ0n) is 12.2. The Labute approximate surface area is 123 Å². The van der Waals surface area contributed by atoms with Crippen LogP contribution >= 0.6 is 0 Å². The van der Waals surface area contributed by atoms with Gasteiger partial charge in [-0.15, -0.1) is 0 Å². The zero-order valence-corrected chi connectivity index (χ0v) is 12.2. The largest absolute Gasteiger partial charge is 0.339 e. The van der Waals surface area contributed by atoms with Gasteiger partial charge < -0.3 is 9.84 Å². The summed E-state index contributed by atoms with van der Waals surface area (Å²) < 4.78 is 18.3. The number of rotatable bonds is 4. The highest BCUT2D eigenvalue weighted by atomic mass is 19.1. The summed E-state index contributed by atoms with van der Waals surface area (Å²) in [6.07, 6.45) is 6.79. The lowest BCUT2D eigenvalue weighted by atomic mass is 9.79. The first-order valence-electron chi connectivity index (χ1n) is 7.48. The van der Waals surface area contributed by atoms with E-state index in [1.165, 1.54) is 31.4 Å². The smallest absolute Gasteiger partial charge is 0.228 e. The number of hydrogen-bond acceptors (Lipinski definition) is 4. The Morgan fingerprint density at radius 1 is 1.19 bits per heavy atom. The lowest BCUT2D eigenvalue weighted by Gasteiger charge is -2.36. The van der Waals surface area contributed by atoms with E-state index in [0.29, 0.717) is 11.7 Å². The van der Waals surface area contributed by atoms with Crippen molar-refractivity contribution in [1.82, 2.24) is 15.5 Å². The van der Waals surface area contributed by atoms with Gasteiger partial charge in [0.15, 0.2) is 0 Å². The molecule has 0 unspecified atom stereocenters. The molecule has 2 aromatic rings. The molecule has 1 aromatic carbocycles. The molecule has 1 aromatic heterocycles. The Kier molecular flexibility index (Phi) is 4.01. The molecule has 0 saturated heterocycles. The molecule has 1 aliphatic rings. The molecule has 112 valence electrons. The first-order chi connectivity index (χ1) is 10.2. The van der Waals surface area contributed by atoms with Crippen molar-refractivity contribution in [2.75, 3.05) is 7.05 Å². The molecular weight excluding hydrogens is 269 g/mol. The maximum Gasteiger partial charge on any atom is 0.228 e. The Balaban J connectivity index is 1.76. The molecule has 1 saturated carbocycles. The van der Waals surface area contributed by atoms with Gasteiger partial charge in [0.2, 0.25) is 11.7 Å². The zero-order chi connectivity index (χ0) is 14.7. The lowest BCUT2D eigenvalue weighted by molar-refractivity contribution is 0.221. The van der Waals surface area contributed by atoms with Crippen molar-refractivity contribution in [3.8, 4) is 11.4 Å². The molecule has 0 atom stereocenters. The molecule has 0 amide bonds. The normalized spacial score (nSPS) is 17.8. The van der Waals surface area contributed by atoms with E-state index in [9.17, 15) is 4.39 Å². The molecule has 1 N–H and O–H groups in total. The fourth-order valence-electron chi connectivity index (χ4n) is 3.08. The molecule has 4 nitrogen and oxygen atoms in total. The maximum absolute atomic E-state index is 12.9. The lowest BCUT2D eigenvalue weighted by Crippen LogP contribution is -2.46.